The molecule has 2 aromatic carbocycles. The number of amides is 2. The quantitative estimate of drug-likeness (QED) is 0.470. The maximum atomic E-state index is 13.5. The number of anilines is 1. The zero-order valence-electron chi connectivity index (χ0n) is 19.4. The first-order valence-corrected chi connectivity index (χ1v) is 13.5. The van der Waals surface area contributed by atoms with Crippen molar-refractivity contribution in [1.29, 1.82) is 0 Å². The Morgan fingerprint density at radius 3 is 2.12 bits per heavy atom. The van der Waals surface area contributed by atoms with E-state index < -0.39 is 28.5 Å². The lowest BCUT2D eigenvalue weighted by molar-refractivity contribution is -0.139. The molecule has 0 unspecified atom stereocenters. The van der Waals surface area contributed by atoms with Crippen molar-refractivity contribution in [3.63, 3.8) is 0 Å². The average Bonchev–Trinajstić information content (AvgIpc) is 2.75. The molecule has 0 saturated heterocycles. The fourth-order valence-electron chi connectivity index (χ4n) is 3.09. The number of hydrogen-bond donors (Lipinski definition) is 1. The molecule has 0 spiro atoms. The molecule has 2 amide bonds. The molecule has 2 aromatic rings. The molecule has 0 aliphatic carbocycles. The van der Waals surface area contributed by atoms with Crippen LogP contribution in [0.1, 0.15) is 26.3 Å². The second-order valence-electron chi connectivity index (χ2n) is 8.33. The molecule has 11 heteroatoms. The lowest BCUT2D eigenvalue weighted by atomic mass is 10.1. The summed E-state index contributed by atoms with van der Waals surface area (Å²) >= 11 is 18.2. The SMILES string of the molecule is CC(C)CNC(=O)[C@H](C)N(Cc1ccc(Cl)cc1)C(=O)CN(c1cc(Cl)ccc1Cl)S(C)(=O)=O. The number of carbonyl (C=O) groups excluding carboxylic acids is 2. The predicted molar refractivity (Wildman–Crippen MR) is 138 cm³/mol. The van der Waals surface area contributed by atoms with Crippen LogP contribution in [-0.2, 0) is 26.2 Å². The highest BCUT2D eigenvalue weighted by Gasteiger charge is 2.31. The van der Waals surface area contributed by atoms with Crippen molar-refractivity contribution in [3.05, 3.63) is 63.1 Å². The Labute approximate surface area is 216 Å². The van der Waals surface area contributed by atoms with E-state index in [1.165, 1.54) is 23.1 Å². The topological polar surface area (TPSA) is 86.8 Å². The van der Waals surface area contributed by atoms with Gasteiger partial charge in [-0.05, 0) is 48.7 Å². The molecular weight excluding hydrogens is 521 g/mol. The maximum Gasteiger partial charge on any atom is 0.244 e. The van der Waals surface area contributed by atoms with Gasteiger partial charge in [-0.2, -0.15) is 0 Å². The molecule has 0 aliphatic heterocycles. The van der Waals surface area contributed by atoms with Crippen LogP contribution in [0.25, 0.3) is 0 Å². The highest BCUT2D eigenvalue weighted by Crippen LogP contribution is 2.31. The van der Waals surface area contributed by atoms with Crippen molar-refractivity contribution in [2.24, 2.45) is 5.92 Å². The van der Waals surface area contributed by atoms with Gasteiger partial charge >= 0.3 is 0 Å². The summed E-state index contributed by atoms with van der Waals surface area (Å²) in [5.41, 5.74) is 0.807. The van der Waals surface area contributed by atoms with E-state index in [0.29, 0.717) is 11.6 Å². The van der Waals surface area contributed by atoms with Crippen molar-refractivity contribution >= 4 is 62.3 Å². The van der Waals surface area contributed by atoms with Crippen LogP contribution >= 0.6 is 34.8 Å². The summed E-state index contributed by atoms with van der Waals surface area (Å²) in [6.45, 7) is 5.47. The summed E-state index contributed by atoms with van der Waals surface area (Å²) < 4.78 is 26.1. The molecule has 0 bridgehead atoms. The third-order valence-electron chi connectivity index (χ3n) is 4.97. The second-order valence-corrected chi connectivity index (χ2v) is 11.5. The molecule has 0 aliphatic rings. The summed E-state index contributed by atoms with van der Waals surface area (Å²) in [5, 5.41) is 3.73. The van der Waals surface area contributed by atoms with Gasteiger partial charge in [-0.25, -0.2) is 8.42 Å². The summed E-state index contributed by atoms with van der Waals surface area (Å²) in [7, 11) is -3.91. The molecule has 186 valence electrons. The van der Waals surface area contributed by atoms with Crippen molar-refractivity contribution in [2.45, 2.75) is 33.4 Å². The lowest BCUT2D eigenvalue weighted by Gasteiger charge is -2.32. The third-order valence-corrected chi connectivity index (χ3v) is 6.91. The summed E-state index contributed by atoms with van der Waals surface area (Å²) in [5.74, 6) is -0.700. The van der Waals surface area contributed by atoms with Gasteiger partial charge in [0.15, 0.2) is 0 Å². The van der Waals surface area contributed by atoms with E-state index in [9.17, 15) is 18.0 Å². The van der Waals surface area contributed by atoms with Crippen molar-refractivity contribution in [1.82, 2.24) is 10.2 Å². The molecule has 1 atom stereocenters. The van der Waals surface area contributed by atoms with Gasteiger partial charge in [0.05, 0.1) is 17.0 Å². The largest absolute Gasteiger partial charge is 0.354 e. The van der Waals surface area contributed by atoms with Crippen LogP contribution < -0.4 is 9.62 Å². The first-order valence-electron chi connectivity index (χ1n) is 10.5. The van der Waals surface area contributed by atoms with E-state index in [-0.39, 0.29) is 34.1 Å². The van der Waals surface area contributed by atoms with E-state index in [1.807, 2.05) is 13.8 Å². The minimum Gasteiger partial charge on any atom is -0.354 e. The van der Waals surface area contributed by atoms with Crippen LogP contribution in [0.4, 0.5) is 5.69 Å². The highest BCUT2D eigenvalue weighted by atomic mass is 35.5. The molecule has 0 aromatic heterocycles. The number of rotatable bonds is 10. The fourth-order valence-corrected chi connectivity index (χ4v) is 4.51. The second kappa shape index (κ2) is 12.1. The highest BCUT2D eigenvalue weighted by molar-refractivity contribution is 7.92. The van der Waals surface area contributed by atoms with Gasteiger partial charge in [0.25, 0.3) is 0 Å². The van der Waals surface area contributed by atoms with Crippen LogP contribution in [0.5, 0.6) is 0 Å². The number of benzene rings is 2. The van der Waals surface area contributed by atoms with Gasteiger partial charge in [-0.1, -0.05) is 60.8 Å². The summed E-state index contributed by atoms with van der Waals surface area (Å²) in [6, 6.07) is 10.3. The summed E-state index contributed by atoms with van der Waals surface area (Å²) in [6.07, 6.45) is 0.972. The monoisotopic (exact) mass is 547 g/mol. The van der Waals surface area contributed by atoms with E-state index in [4.69, 9.17) is 34.8 Å². The fraction of sp³-hybridized carbons (Fsp3) is 0.391. The first-order chi connectivity index (χ1) is 15.8. The predicted octanol–water partition coefficient (Wildman–Crippen LogP) is 4.60. The zero-order chi connectivity index (χ0) is 25.6. The van der Waals surface area contributed by atoms with Crippen LogP contribution in [0, 0.1) is 5.92 Å². The molecule has 0 fully saturated rings. The average molecular weight is 549 g/mol. The lowest BCUT2D eigenvalue weighted by Crippen LogP contribution is -2.51. The number of halogens is 3. The number of sulfonamides is 1. The Balaban J connectivity index is 2.40. The minimum atomic E-state index is -3.91. The van der Waals surface area contributed by atoms with Crippen LogP contribution in [0.15, 0.2) is 42.5 Å². The minimum absolute atomic E-state index is 0.0765. The Hall–Kier alpha value is -2.00. The van der Waals surface area contributed by atoms with Crippen molar-refractivity contribution in [2.75, 3.05) is 23.7 Å². The molecular formula is C23H28Cl3N3O4S. The van der Waals surface area contributed by atoms with Crippen LogP contribution in [-0.4, -0.2) is 50.5 Å². The van der Waals surface area contributed by atoms with Crippen LogP contribution in [0.2, 0.25) is 15.1 Å². The molecule has 0 saturated carbocycles. The molecule has 2 rings (SSSR count). The van der Waals surface area contributed by atoms with Gasteiger partial charge in [0.2, 0.25) is 21.8 Å². The standard InChI is InChI=1S/C23H28Cl3N3O4S/c1-15(2)12-27-23(31)16(3)28(13-17-5-7-18(24)8-6-17)22(30)14-29(34(4,32)33)21-11-19(25)9-10-20(21)26/h5-11,15-16H,12-14H2,1-4H3,(H,27,31)/t16-/m0/s1. The number of hydrogen-bond acceptors (Lipinski definition) is 4. The van der Waals surface area contributed by atoms with Gasteiger partial charge in [0, 0.05) is 23.1 Å². The molecule has 1 N–H and O–H groups in total. The normalized spacial score (nSPS) is 12.4. The first kappa shape index (κ1) is 28.2. The van der Waals surface area contributed by atoms with Crippen molar-refractivity contribution < 1.29 is 18.0 Å². The van der Waals surface area contributed by atoms with E-state index >= 15 is 0 Å². The van der Waals surface area contributed by atoms with Crippen LogP contribution in [0.3, 0.4) is 0 Å². The summed E-state index contributed by atoms with van der Waals surface area (Å²) in [4.78, 5) is 27.6. The van der Waals surface area contributed by atoms with Gasteiger partial charge in [0.1, 0.15) is 12.6 Å². The Kier molecular flexibility index (Phi) is 10.1. The van der Waals surface area contributed by atoms with Gasteiger partial charge < -0.3 is 10.2 Å². The molecule has 7 nitrogen and oxygen atoms in total. The molecule has 34 heavy (non-hydrogen) atoms. The number of nitrogens with zero attached hydrogens (tertiary/aromatic N) is 2. The van der Waals surface area contributed by atoms with Crippen molar-refractivity contribution in [3.8, 4) is 0 Å². The van der Waals surface area contributed by atoms with E-state index in [0.717, 1.165) is 16.1 Å². The number of carbonyl (C=O) groups is 2. The van der Waals surface area contributed by atoms with E-state index in [2.05, 4.69) is 5.32 Å². The zero-order valence-corrected chi connectivity index (χ0v) is 22.5. The van der Waals surface area contributed by atoms with Gasteiger partial charge in [-0.15, -0.1) is 0 Å². The third kappa shape index (κ3) is 8.05. The molecule has 0 heterocycles. The number of nitrogens with one attached hydrogen (secondary N) is 1. The molecule has 0 radical (unpaired) electrons. The van der Waals surface area contributed by atoms with E-state index in [1.54, 1.807) is 31.2 Å². The Morgan fingerprint density at radius 1 is 0.971 bits per heavy atom. The van der Waals surface area contributed by atoms with Gasteiger partial charge in [-0.3, -0.25) is 13.9 Å². The smallest absolute Gasteiger partial charge is 0.244 e. The Morgan fingerprint density at radius 2 is 1.56 bits per heavy atom. The maximum absolute atomic E-state index is 13.5. The Bertz CT molecular complexity index is 1120.